The van der Waals surface area contributed by atoms with Crippen LogP contribution in [0.25, 0.3) is 11.1 Å². The van der Waals surface area contributed by atoms with Gasteiger partial charge in [-0.2, -0.15) is 0 Å². The van der Waals surface area contributed by atoms with Gasteiger partial charge < -0.3 is 10.1 Å². The van der Waals surface area contributed by atoms with E-state index in [0.717, 1.165) is 12.3 Å². The highest BCUT2D eigenvalue weighted by atomic mass is 16.5. The molecule has 2 aromatic rings. The smallest absolute Gasteiger partial charge is 0.124 e. The Hall–Kier alpha value is -1.80. The molecule has 0 saturated heterocycles. The molecular weight excluding hydrogens is 258 g/mol. The van der Waals surface area contributed by atoms with Crippen LogP contribution in [0.5, 0.6) is 5.75 Å². The summed E-state index contributed by atoms with van der Waals surface area (Å²) in [5.74, 6) is 0.982. The molecule has 1 unspecified atom stereocenters. The standard InChI is InChI=1S/C19H25NO/c1-6-20-15(4)16-8-7-9-17(12-16)18-10-13(2)19(21-5)14(3)11-18/h7-12,15,20H,6H2,1-5H3. The van der Waals surface area contributed by atoms with Crippen molar-refractivity contribution in [2.75, 3.05) is 13.7 Å². The van der Waals surface area contributed by atoms with Crippen molar-refractivity contribution in [3.8, 4) is 16.9 Å². The maximum Gasteiger partial charge on any atom is 0.124 e. The molecule has 2 nitrogen and oxygen atoms in total. The van der Waals surface area contributed by atoms with Crippen LogP contribution in [0.3, 0.4) is 0 Å². The Bertz CT molecular complexity index is 596. The molecule has 0 heterocycles. The monoisotopic (exact) mass is 283 g/mol. The van der Waals surface area contributed by atoms with Crippen LogP contribution in [0.2, 0.25) is 0 Å². The highest BCUT2D eigenvalue weighted by Gasteiger charge is 2.09. The first-order chi connectivity index (χ1) is 10.1. The summed E-state index contributed by atoms with van der Waals surface area (Å²) in [6, 6.07) is 13.5. The summed E-state index contributed by atoms with van der Waals surface area (Å²) in [7, 11) is 1.73. The number of aryl methyl sites for hydroxylation is 2. The zero-order valence-electron chi connectivity index (χ0n) is 13.7. The predicted octanol–water partition coefficient (Wildman–Crippen LogP) is 4.65. The lowest BCUT2D eigenvalue weighted by Gasteiger charge is -2.15. The lowest BCUT2D eigenvalue weighted by molar-refractivity contribution is 0.408. The first-order valence-electron chi connectivity index (χ1n) is 7.55. The van der Waals surface area contributed by atoms with Gasteiger partial charge >= 0.3 is 0 Å². The Morgan fingerprint density at radius 3 is 2.29 bits per heavy atom. The first-order valence-corrected chi connectivity index (χ1v) is 7.55. The number of hydrogen-bond acceptors (Lipinski definition) is 2. The number of rotatable bonds is 5. The number of hydrogen-bond donors (Lipinski definition) is 1. The fourth-order valence-electron chi connectivity index (χ4n) is 2.85. The van der Waals surface area contributed by atoms with Crippen LogP contribution in [0.15, 0.2) is 36.4 Å². The molecule has 0 aliphatic rings. The van der Waals surface area contributed by atoms with E-state index >= 15 is 0 Å². The van der Waals surface area contributed by atoms with Crippen molar-refractivity contribution in [2.24, 2.45) is 0 Å². The molecule has 0 aliphatic heterocycles. The van der Waals surface area contributed by atoms with E-state index in [1.165, 1.54) is 27.8 Å². The van der Waals surface area contributed by atoms with Crippen LogP contribution < -0.4 is 10.1 Å². The minimum atomic E-state index is 0.371. The predicted molar refractivity (Wildman–Crippen MR) is 90.0 cm³/mol. The Labute approximate surface area is 128 Å². The zero-order chi connectivity index (χ0) is 15.4. The van der Waals surface area contributed by atoms with Crippen molar-refractivity contribution in [1.29, 1.82) is 0 Å². The maximum atomic E-state index is 5.45. The van der Waals surface area contributed by atoms with Crippen LogP contribution in [0.4, 0.5) is 0 Å². The largest absolute Gasteiger partial charge is 0.496 e. The second-order valence-electron chi connectivity index (χ2n) is 5.55. The van der Waals surface area contributed by atoms with Crippen molar-refractivity contribution in [1.82, 2.24) is 5.32 Å². The molecule has 1 N–H and O–H groups in total. The fourth-order valence-corrected chi connectivity index (χ4v) is 2.85. The number of methoxy groups -OCH3 is 1. The van der Waals surface area contributed by atoms with Gasteiger partial charge in [-0.3, -0.25) is 0 Å². The van der Waals surface area contributed by atoms with Crippen LogP contribution in [-0.4, -0.2) is 13.7 Å². The molecular formula is C19H25NO. The summed E-state index contributed by atoms with van der Waals surface area (Å²) < 4.78 is 5.45. The third-order valence-electron chi connectivity index (χ3n) is 3.89. The first kappa shape index (κ1) is 15.6. The van der Waals surface area contributed by atoms with Crippen molar-refractivity contribution in [3.63, 3.8) is 0 Å². The van der Waals surface area contributed by atoms with Crippen molar-refractivity contribution < 1.29 is 4.74 Å². The zero-order valence-corrected chi connectivity index (χ0v) is 13.7. The van der Waals surface area contributed by atoms with E-state index in [9.17, 15) is 0 Å². The van der Waals surface area contributed by atoms with E-state index in [2.05, 4.69) is 69.4 Å². The van der Waals surface area contributed by atoms with Gasteiger partial charge in [-0.05, 0) is 73.3 Å². The van der Waals surface area contributed by atoms with Gasteiger partial charge in [0.2, 0.25) is 0 Å². The molecule has 2 heteroatoms. The Morgan fingerprint density at radius 1 is 1.05 bits per heavy atom. The molecule has 0 fully saturated rings. The summed E-state index contributed by atoms with van der Waals surface area (Å²) in [6.45, 7) is 9.51. The lowest BCUT2D eigenvalue weighted by atomic mass is 9.97. The van der Waals surface area contributed by atoms with Gasteiger partial charge in [0.05, 0.1) is 7.11 Å². The van der Waals surface area contributed by atoms with Gasteiger partial charge in [0.1, 0.15) is 5.75 Å². The molecule has 0 aliphatic carbocycles. The van der Waals surface area contributed by atoms with Gasteiger partial charge in [0.15, 0.2) is 0 Å². The molecule has 112 valence electrons. The van der Waals surface area contributed by atoms with Gasteiger partial charge in [-0.15, -0.1) is 0 Å². The van der Waals surface area contributed by atoms with Crippen LogP contribution in [0.1, 0.15) is 36.6 Å². The number of nitrogens with one attached hydrogen (secondary N) is 1. The molecule has 0 aromatic heterocycles. The number of ether oxygens (including phenoxy) is 1. The van der Waals surface area contributed by atoms with E-state index in [1.54, 1.807) is 7.11 Å². The fraction of sp³-hybridized carbons (Fsp3) is 0.368. The average Bonchev–Trinajstić information content (AvgIpc) is 2.47. The van der Waals surface area contributed by atoms with Crippen molar-refractivity contribution >= 4 is 0 Å². The topological polar surface area (TPSA) is 21.3 Å². The molecule has 0 amide bonds. The van der Waals surface area contributed by atoms with Crippen LogP contribution in [-0.2, 0) is 0 Å². The van der Waals surface area contributed by atoms with Crippen LogP contribution >= 0.6 is 0 Å². The van der Waals surface area contributed by atoms with E-state index < -0.39 is 0 Å². The minimum Gasteiger partial charge on any atom is -0.496 e. The van der Waals surface area contributed by atoms with Gasteiger partial charge in [0, 0.05) is 6.04 Å². The quantitative estimate of drug-likeness (QED) is 0.862. The Kier molecular flexibility index (Phi) is 5.03. The molecule has 0 spiro atoms. The third kappa shape index (κ3) is 3.45. The average molecular weight is 283 g/mol. The van der Waals surface area contributed by atoms with E-state index in [1.807, 2.05) is 0 Å². The maximum absolute atomic E-state index is 5.45. The van der Waals surface area contributed by atoms with E-state index in [-0.39, 0.29) is 0 Å². The lowest BCUT2D eigenvalue weighted by Crippen LogP contribution is -2.17. The molecule has 1 atom stereocenters. The van der Waals surface area contributed by atoms with E-state index in [4.69, 9.17) is 4.74 Å². The normalized spacial score (nSPS) is 12.2. The SMILES string of the molecule is CCNC(C)c1cccc(-c2cc(C)c(OC)c(C)c2)c1. The third-order valence-corrected chi connectivity index (χ3v) is 3.89. The minimum absolute atomic E-state index is 0.371. The molecule has 2 rings (SSSR count). The summed E-state index contributed by atoms with van der Waals surface area (Å²) in [5, 5.41) is 3.46. The Balaban J connectivity index is 2.41. The van der Waals surface area contributed by atoms with E-state index in [0.29, 0.717) is 6.04 Å². The molecule has 0 bridgehead atoms. The molecule has 21 heavy (non-hydrogen) atoms. The summed E-state index contributed by atoms with van der Waals surface area (Å²) in [4.78, 5) is 0. The highest BCUT2D eigenvalue weighted by Crippen LogP contribution is 2.31. The summed E-state index contributed by atoms with van der Waals surface area (Å²) in [6.07, 6.45) is 0. The molecule has 0 saturated carbocycles. The van der Waals surface area contributed by atoms with Crippen molar-refractivity contribution in [2.45, 2.75) is 33.7 Å². The second-order valence-corrected chi connectivity index (χ2v) is 5.55. The highest BCUT2D eigenvalue weighted by molar-refractivity contribution is 5.68. The van der Waals surface area contributed by atoms with Gasteiger partial charge in [-0.1, -0.05) is 25.1 Å². The second kappa shape index (κ2) is 6.77. The van der Waals surface area contributed by atoms with Gasteiger partial charge in [-0.25, -0.2) is 0 Å². The van der Waals surface area contributed by atoms with Crippen molar-refractivity contribution in [3.05, 3.63) is 53.1 Å². The van der Waals surface area contributed by atoms with Gasteiger partial charge in [0.25, 0.3) is 0 Å². The van der Waals surface area contributed by atoms with Crippen LogP contribution in [0, 0.1) is 13.8 Å². The number of benzene rings is 2. The Morgan fingerprint density at radius 2 is 1.71 bits per heavy atom. The summed E-state index contributed by atoms with van der Waals surface area (Å²) in [5.41, 5.74) is 6.18. The summed E-state index contributed by atoms with van der Waals surface area (Å²) >= 11 is 0. The molecule has 0 radical (unpaired) electrons. The molecule has 2 aromatic carbocycles.